The number of benzene rings is 1. The third-order valence-corrected chi connectivity index (χ3v) is 4.41. The lowest BCUT2D eigenvalue weighted by molar-refractivity contribution is -0.678. The first-order chi connectivity index (χ1) is 10.8. The molecular weight excluding hydrogens is 268 g/mol. The molecule has 2 nitrogen and oxygen atoms in total. The van der Waals surface area contributed by atoms with Crippen LogP contribution in [-0.2, 0) is 20.0 Å². The highest BCUT2D eigenvalue weighted by Crippen LogP contribution is 2.10. The zero-order valence-electron chi connectivity index (χ0n) is 14.3. The Labute approximate surface area is 135 Å². The van der Waals surface area contributed by atoms with E-state index in [0.717, 1.165) is 6.54 Å². The molecule has 1 heterocycles. The van der Waals surface area contributed by atoms with E-state index in [0.29, 0.717) is 0 Å². The quantitative estimate of drug-likeness (QED) is 0.446. The lowest BCUT2D eigenvalue weighted by Gasteiger charge is -2.04. The first-order valence-corrected chi connectivity index (χ1v) is 8.89. The Morgan fingerprint density at radius 2 is 1.59 bits per heavy atom. The molecule has 0 N–H and O–H groups in total. The summed E-state index contributed by atoms with van der Waals surface area (Å²) < 4.78 is 4.67. The molecule has 1 aromatic carbocycles. The summed E-state index contributed by atoms with van der Waals surface area (Å²) >= 11 is 0. The molecule has 0 amide bonds. The van der Waals surface area contributed by atoms with Crippen LogP contribution in [0.4, 0.5) is 0 Å². The van der Waals surface area contributed by atoms with Crippen LogP contribution in [0.1, 0.15) is 63.3 Å². The van der Waals surface area contributed by atoms with Crippen molar-refractivity contribution in [3.05, 3.63) is 54.1 Å². The molecule has 0 unspecified atom stereocenters. The molecule has 0 atom stereocenters. The predicted octanol–water partition coefficient (Wildman–Crippen LogP) is 4.65. The standard InChI is InChI=1S/C20H31N2/c1-3-4-5-6-7-8-12-15-20-21(2)16-17-22(20)18-19-13-10-9-11-14-19/h9-11,13-14,16-17H,3-8,12,15,18H2,1-2H3/q+1. The monoisotopic (exact) mass is 299 g/mol. The van der Waals surface area contributed by atoms with Crippen LogP contribution in [-0.4, -0.2) is 4.57 Å². The summed E-state index contributed by atoms with van der Waals surface area (Å²) in [6, 6.07) is 10.7. The van der Waals surface area contributed by atoms with Gasteiger partial charge in [0.15, 0.2) is 0 Å². The van der Waals surface area contributed by atoms with Gasteiger partial charge in [-0.3, -0.25) is 0 Å². The van der Waals surface area contributed by atoms with Gasteiger partial charge >= 0.3 is 0 Å². The van der Waals surface area contributed by atoms with Crippen LogP contribution in [0.15, 0.2) is 42.7 Å². The number of aromatic nitrogens is 2. The van der Waals surface area contributed by atoms with Gasteiger partial charge in [-0.05, 0) is 12.0 Å². The van der Waals surface area contributed by atoms with Crippen LogP contribution in [0.3, 0.4) is 0 Å². The predicted molar refractivity (Wildman–Crippen MR) is 92.8 cm³/mol. The third kappa shape index (κ3) is 5.32. The number of aryl methyl sites for hydroxylation is 1. The van der Waals surface area contributed by atoms with Gasteiger partial charge in [0.05, 0.1) is 7.05 Å². The minimum absolute atomic E-state index is 0.980. The van der Waals surface area contributed by atoms with E-state index >= 15 is 0 Å². The van der Waals surface area contributed by atoms with E-state index in [1.165, 1.54) is 62.8 Å². The second-order valence-electron chi connectivity index (χ2n) is 6.31. The van der Waals surface area contributed by atoms with Crippen LogP contribution < -0.4 is 4.57 Å². The van der Waals surface area contributed by atoms with Gasteiger partial charge in [-0.25, -0.2) is 9.13 Å². The second-order valence-corrected chi connectivity index (χ2v) is 6.31. The fourth-order valence-corrected chi connectivity index (χ4v) is 3.04. The molecule has 2 heteroatoms. The summed E-state index contributed by atoms with van der Waals surface area (Å²) in [5.74, 6) is 1.44. The number of imidazole rings is 1. The average molecular weight is 299 g/mol. The molecule has 0 saturated heterocycles. The molecule has 120 valence electrons. The molecular formula is C20H31N2+. The summed E-state index contributed by atoms with van der Waals surface area (Å²) in [7, 11) is 2.16. The Kier molecular flexibility index (Phi) is 7.21. The molecule has 2 aromatic rings. The van der Waals surface area contributed by atoms with Crippen LogP contribution in [0.25, 0.3) is 0 Å². The van der Waals surface area contributed by atoms with Crippen molar-refractivity contribution in [1.82, 2.24) is 4.57 Å². The maximum absolute atomic E-state index is 2.40. The van der Waals surface area contributed by atoms with Gasteiger partial charge in [-0.1, -0.05) is 75.8 Å². The van der Waals surface area contributed by atoms with Gasteiger partial charge in [-0.2, -0.15) is 0 Å². The van der Waals surface area contributed by atoms with E-state index in [9.17, 15) is 0 Å². The van der Waals surface area contributed by atoms with Crippen molar-refractivity contribution in [2.75, 3.05) is 0 Å². The summed E-state index contributed by atoms with van der Waals surface area (Å²) in [4.78, 5) is 0. The summed E-state index contributed by atoms with van der Waals surface area (Å²) in [6.07, 6.45) is 15.2. The highest BCUT2D eigenvalue weighted by atomic mass is 15.1. The van der Waals surface area contributed by atoms with Gasteiger partial charge in [-0.15, -0.1) is 0 Å². The van der Waals surface area contributed by atoms with E-state index < -0.39 is 0 Å². The van der Waals surface area contributed by atoms with Crippen molar-refractivity contribution in [2.45, 2.75) is 64.8 Å². The van der Waals surface area contributed by atoms with Crippen molar-refractivity contribution >= 4 is 0 Å². The molecule has 22 heavy (non-hydrogen) atoms. The SMILES string of the molecule is CCCCCCCCCc1n(Cc2ccccc2)cc[n+]1C. The van der Waals surface area contributed by atoms with Crippen molar-refractivity contribution in [1.29, 1.82) is 0 Å². The zero-order chi connectivity index (χ0) is 15.6. The molecule has 0 bridgehead atoms. The van der Waals surface area contributed by atoms with Crippen molar-refractivity contribution in [3.63, 3.8) is 0 Å². The normalized spacial score (nSPS) is 11.0. The molecule has 1 aromatic heterocycles. The van der Waals surface area contributed by atoms with Gasteiger partial charge in [0.2, 0.25) is 0 Å². The summed E-state index contributed by atoms with van der Waals surface area (Å²) in [5, 5.41) is 0. The number of nitrogens with zero attached hydrogens (tertiary/aromatic N) is 2. The van der Waals surface area contributed by atoms with Crippen LogP contribution in [0.2, 0.25) is 0 Å². The number of unbranched alkanes of at least 4 members (excludes halogenated alkanes) is 6. The van der Waals surface area contributed by atoms with Gasteiger partial charge < -0.3 is 0 Å². The molecule has 0 fully saturated rings. The lowest BCUT2D eigenvalue weighted by atomic mass is 10.1. The minimum Gasteiger partial charge on any atom is -0.237 e. The molecule has 0 spiro atoms. The molecule has 0 saturated carbocycles. The Morgan fingerprint density at radius 1 is 0.909 bits per heavy atom. The Balaban J connectivity index is 1.80. The van der Waals surface area contributed by atoms with Crippen molar-refractivity contribution in [2.24, 2.45) is 7.05 Å². The zero-order valence-corrected chi connectivity index (χ0v) is 14.3. The number of hydrogen-bond acceptors (Lipinski definition) is 0. The lowest BCUT2D eigenvalue weighted by Crippen LogP contribution is -2.32. The first-order valence-electron chi connectivity index (χ1n) is 8.89. The fourth-order valence-electron chi connectivity index (χ4n) is 3.04. The number of hydrogen-bond donors (Lipinski definition) is 0. The second kappa shape index (κ2) is 9.45. The highest BCUT2D eigenvalue weighted by Gasteiger charge is 2.14. The maximum Gasteiger partial charge on any atom is 0.256 e. The van der Waals surface area contributed by atoms with E-state index in [1.807, 2.05) is 0 Å². The largest absolute Gasteiger partial charge is 0.256 e. The van der Waals surface area contributed by atoms with Crippen LogP contribution in [0, 0.1) is 0 Å². The fraction of sp³-hybridized carbons (Fsp3) is 0.550. The molecule has 0 aliphatic carbocycles. The minimum atomic E-state index is 0.980. The van der Waals surface area contributed by atoms with Gasteiger partial charge in [0, 0.05) is 6.42 Å². The van der Waals surface area contributed by atoms with Crippen LogP contribution >= 0.6 is 0 Å². The molecule has 2 rings (SSSR count). The maximum atomic E-state index is 2.40. The van der Waals surface area contributed by atoms with Crippen molar-refractivity contribution in [3.8, 4) is 0 Å². The third-order valence-electron chi connectivity index (χ3n) is 4.41. The highest BCUT2D eigenvalue weighted by molar-refractivity contribution is 5.15. The van der Waals surface area contributed by atoms with Crippen LogP contribution in [0.5, 0.6) is 0 Å². The topological polar surface area (TPSA) is 8.81 Å². The van der Waals surface area contributed by atoms with Crippen molar-refractivity contribution < 1.29 is 4.57 Å². The summed E-state index contributed by atoms with van der Waals surface area (Å²) in [6.45, 7) is 3.26. The molecule has 0 aliphatic heterocycles. The summed E-state index contributed by atoms with van der Waals surface area (Å²) in [5.41, 5.74) is 1.37. The van der Waals surface area contributed by atoms with E-state index in [1.54, 1.807) is 0 Å². The first kappa shape index (κ1) is 16.8. The van der Waals surface area contributed by atoms with E-state index in [-0.39, 0.29) is 0 Å². The smallest absolute Gasteiger partial charge is 0.237 e. The van der Waals surface area contributed by atoms with E-state index in [2.05, 4.69) is 65.8 Å². The Hall–Kier alpha value is -1.57. The number of rotatable bonds is 10. The average Bonchev–Trinajstić information content (AvgIpc) is 2.88. The molecule has 0 radical (unpaired) electrons. The van der Waals surface area contributed by atoms with Gasteiger partial charge in [0.1, 0.15) is 18.9 Å². The molecule has 0 aliphatic rings. The van der Waals surface area contributed by atoms with Gasteiger partial charge in [0.25, 0.3) is 5.82 Å². The Bertz CT molecular complexity index is 528. The van der Waals surface area contributed by atoms with E-state index in [4.69, 9.17) is 0 Å². The Morgan fingerprint density at radius 3 is 2.32 bits per heavy atom.